The smallest absolute Gasteiger partial charge is 0.323 e. The van der Waals surface area contributed by atoms with Gasteiger partial charge in [0, 0.05) is 142 Å². The summed E-state index contributed by atoms with van der Waals surface area (Å²) in [5.74, 6) is -8.72. The molecular weight excluding hydrogens is 1860 g/mol. The lowest BCUT2D eigenvalue weighted by atomic mass is 9.89. The number of nitrogens with one attached hydrogen (secondary N) is 5. The minimum atomic E-state index is -1.46. The SMILES string of the molecule is Cn1nc(NC(=O)N2CCC(Cc3cc(F)c(F)c(C#N)c3)CC2)ccc1=O.Cn1nc(NC(=O)N2CCC(Cc3cc(F)c(F)c(Cl)c3)CC2)ccc1=O.Cn1nc(NC(=O)N2CCC(Cc3cc(F)c(F)c(F)c3)CC2)ccc1=O.Cn1nc(NC(=O)N2CCC(Cc3cc(F)c(F)cc3Cl)CC2)ccc1=O.Cn1nc(NC(=O)N2CCC(Cc3cc(F)cc(F)c3Cl)CC2)ccc1=O. The Bertz CT molecular complexity index is 6200. The average molecular weight is 1960 g/mol. The van der Waals surface area contributed by atoms with Gasteiger partial charge in [0.05, 0.1) is 15.6 Å². The van der Waals surface area contributed by atoms with Crippen LogP contribution in [0.5, 0.6) is 0 Å². The first kappa shape index (κ1) is 103. The molecule has 0 aliphatic carbocycles. The lowest BCUT2D eigenvalue weighted by molar-refractivity contribution is 0.181. The van der Waals surface area contributed by atoms with Gasteiger partial charge in [0.2, 0.25) is 0 Å². The lowest BCUT2D eigenvalue weighted by Gasteiger charge is -2.32. The Morgan fingerprint density at radius 2 is 0.581 bits per heavy atom. The molecule has 10 amide bonds. The first-order valence-corrected chi connectivity index (χ1v) is 44.3. The van der Waals surface area contributed by atoms with Gasteiger partial charge in [0.25, 0.3) is 27.8 Å². The lowest BCUT2D eigenvalue weighted by Crippen LogP contribution is -2.41. The summed E-state index contributed by atoms with van der Waals surface area (Å²) in [5, 5.41) is 42.0. The number of piperidine rings is 5. The van der Waals surface area contributed by atoms with E-state index in [4.69, 9.17) is 40.1 Å². The molecule has 0 saturated carbocycles. The van der Waals surface area contributed by atoms with E-state index in [-0.39, 0.29) is 114 Å². The third-order valence-corrected chi connectivity index (χ3v) is 24.6. The van der Waals surface area contributed by atoms with Gasteiger partial charge in [-0.05, 0) is 239 Å². The molecule has 10 heterocycles. The summed E-state index contributed by atoms with van der Waals surface area (Å²) in [7, 11) is 7.51. The first-order chi connectivity index (χ1) is 64.7. The number of hydrogen-bond donors (Lipinski definition) is 5. The second-order valence-electron chi connectivity index (χ2n) is 33.2. The zero-order chi connectivity index (χ0) is 98.5. The summed E-state index contributed by atoms with van der Waals surface area (Å²) in [4.78, 5) is 127. The van der Waals surface area contributed by atoms with Crippen molar-refractivity contribution in [3.05, 3.63) is 286 Å². The molecule has 0 atom stereocenters. The van der Waals surface area contributed by atoms with Gasteiger partial charge < -0.3 is 24.5 Å². The van der Waals surface area contributed by atoms with Gasteiger partial charge in [-0.3, -0.25) is 50.6 Å². The van der Waals surface area contributed by atoms with Crippen molar-refractivity contribution in [2.45, 2.75) is 96.3 Å². The standard InChI is InChI=1S/C19H19F2N5O2.3C18H19ClF2N4O2.C18H19F3N4O2/c1-25-17(27)3-2-16(24-25)23-19(28)26-6-4-12(5-7-26)8-13-9-14(11-22)18(21)15(20)10-13;1-24-17(26)3-2-16(23-24)22-18(27)25-6-4-11(5-7-25)8-12-9-14(20)15(21)10-13(12)19;1-24-16(26)3-2-15(23-24)22-18(27)25-6-4-11(5-7-25)8-12-9-13(20)10-14(21)17(12)19;2*1-24-16(26)3-2-15(23-24)22-18(27)25-6-4-11(5-7-25)8-12-9-13(19)17(21)14(20)10-12/h2-3,9-10,12H,4-8H2,1H3,(H,23,24,28);4*2-3,9-11H,4-8H2,1H3,(H,22,23,27). The number of nitrogens with zero attached hydrogens (tertiary/aromatic N) is 16. The van der Waals surface area contributed by atoms with Crippen LogP contribution >= 0.6 is 34.8 Å². The third kappa shape index (κ3) is 29.0. The van der Waals surface area contributed by atoms with E-state index in [1.165, 1.54) is 120 Å². The summed E-state index contributed by atoms with van der Waals surface area (Å²) < 4.78 is 153. The number of rotatable bonds is 15. The van der Waals surface area contributed by atoms with Crippen molar-refractivity contribution in [3.8, 4) is 6.07 Å². The number of nitriles is 1. The summed E-state index contributed by atoms with van der Waals surface area (Å²) in [6, 6.07) is 25.4. The minimum Gasteiger partial charge on any atom is -0.324 e. The van der Waals surface area contributed by atoms with Crippen LogP contribution in [0.1, 0.15) is 97.6 Å². The second kappa shape index (κ2) is 47.6. The van der Waals surface area contributed by atoms with Crippen LogP contribution in [0.4, 0.5) is 101 Å². The molecule has 5 N–H and O–H groups in total. The number of halogens is 14. The first-order valence-electron chi connectivity index (χ1n) is 43.1. The highest BCUT2D eigenvalue weighted by Gasteiger charge is 2.32. The summed E-state index contributed by atoms with van der Waals surface area (Å²) in [6.45, 7) is 5.15. The Hall–Kier alpha value is -13.6. The van der Waals surface area contributed by atoms with Crippen LogP contribution in [0.3, 0.4) is 0 Å². The van der Waals surface area contributed by atoms with Crippen LogP contribution in [0.15, 0.2) is 145 Å². The number of amides is 10. The van der Waals surface area contributed by atoms with Crippen molar-refractivity contribution in [2.75, 3.05) is 92.0 Å². The van der Waals surface area contributed by atoms with Crippen molar-refractivity contribution >= 4 is 94.0 Å². The number of carbonyl (C=O) groups excluding carboxylic acids is 5. The summed E-state index contributed by atoms with van der Waals surface area (Å²) in [6.07, 6.45) is 9.57. The third-order valence-electron chi connectivity index (χ3n) is 23.5. The topological polar surface area (TPSA) is 360 Å². The highest BCUT2D eigenvalue weighted by Crippen LogP contribution is 2.34. The fourth-order valence-electron chi connectivity index (χ4n) is 15.9. The van der Waals surface area contributed by atoms with Crippen LogP contribution in [0, 0.1) is 105 Å². The zero-order valence-electron chi connectivity index (χ0n) is 74.1. The predicted molar refractivity (Wildman–Crippen MR) is 484 cm³/mol. The molecular formula is C91H95Cl3F11N21O10. The summed E-state index contributed by atoms with van der Waals surface area (Å²) >= 11 is 17.6. The molecule has 15 rings (SSSR count). The Morgan fingerprint density at radius 1 is 0.316 bits per heavy atom. The molecule has 5 fully saturated rings. The number of aromatic nitrogens is 10. The Kier molecular flexibility index (Phi) is 36.0. The fraction of sp³-hybridized carbons (Fsp3) is 0.385. The molecule has 5 saturated heterocycles. The maximum Gasteiger partial charge on any atom is 0.323 e. The Morgan fingerprint density at radius 3 is 0.875 bits per heavy atom. The molecule has 136 heavy (non-hydrogen) atoms. The van der Waals surface area contributed by atoms with E-state index in [9.17, 15) is 96.2 Å². The van der Waals surface area contributed by atoms with Crippen molar-refractivity contribution < 1.29 is 72.3 Å². The van der Waals surface area contributed by atoms with Gasteiger partial charge in [-0.15, -0.1) is 0 Å². The van der Waals surface area contributed by atoms with Crippen LogP contribution in [-0.2, 0) is 67.3 Å². The maximum atomic E-state index is 13.6. The van der Waals surface area contributed by atoms with E-state index in [0.29, 0.717) is 187 Å². The van der Waals surface area contributed by atoms with Crippen molar-refractivity contribution in [3.63, 3.8) is 0 Å². The van der Waals surface area contributed by atoms with Crippen LogP contribution in [0.2, 0.25) is 15.1 Å². The number of hydrogen-bond acceptors (Lipinski definition) is 16. The van der Waals surface area contributed by atoms with E-state index in [0.717, 1.165) is 85.5 Å². The molecule has 5 aromatic carbocycles. The van der Waals surface area contributed by atoms with Crippen LogP contribution in [0.25, 0.3) is 0 Å². The Labute approximate surface area is 785 Å². The Balaban J connectivity index is 0.000000163. The molecule has 0 bridgehead atoms. The van der Waals surface area contributed by atoms with Gasteiger partial charge in [0.1, 0.15) is 17.7 Å². The number of likely N-dealkylation sites (tertiary alicyclic amines) is 5. The second-order valence-corrected chi connectivity index (χ2v) is 34.4. The molecule has 31 nitrogen and oxygen atoms in total. The highest BCUT2D eigenvalue weighted by atomic mass is 35.5. The average Bonchev–Trinajstić information content (AvgIpc) is 0.853. The monoisotopic (exact) mass is 1960 g/mol. The number of carbonyl (C=O) groups is 5. The fourth-order valence-corrected chi connectivity index (χ4v) is 16.5. The molecule has 5 aliphatic rings. The highest BCUT2D eigenvalue weighted by molar-refractivity contribution is 6.32. The van der Waals surface area contributed by atoms with E-state index >= 15 is 0 Å². The van der Waals surface area contributed by atoms with Gasteiger partial charge in [-0.2, -0.15) is 30.8 Å². The zero-order valence-corrected chi connectivity index (χ0v) is 76.4. The number of benzene rings is 5. The molecule has 10 aromatic rings. The van der Waals surface area contributed by atoms with Gasteiger partial charge >= 0.3 is 30.2 Å². The van der Waals surface area contributed by atoms with Crippen LogP contribution < -0.4 is 54.4 Å². The molecule has 0 radical (unpaired) electrons. The molecule has 45 heteroatoms. The molecule has 5 aromatic heterocycles. The number of urea groups is 5. The molecule has 0 unspecified atom stereocenters. The van der Waals surface area contributed by atoms with Crippen molar-refractivity contribution in [1.29, 1.82) is 5.26 Å². The van der Waals surface area contributed by atoms with Crippen molar-refractivity contribution in [1.82, 2.24) is 73.4 Å². The maximum absolute atomic E-state index is 13.6. The van der Waals surface area contributed by atoms with E-state index in [1.54, 1.807) is 30.6 Å². The van der Waals surface area contributed by atoms with E-state index in [1.807, 2.05) is 0 Å². The van der Waals surface area contributed by atoms with E-state index in [2.05, 4.69) is 52.1 Å². The molecule has 5 aliphatic heterocycles. The van der Waals surface area contributed by atoms with Gasteiger partial charge in [-0.1, -0.05) is 34.8 Å². The number of aryl methyl sites for hydroxylation is 5. The van der Waals surface area contributed by atoms with Crippen LogP contribution in [-0.4, -0.2) is 169 Å². The van der Waals surface area contributed by atoms with Crippen molar-refractivity contribution in [2.24, 2.45) is 64.8 Å². The largest absolute Gasteiger partial charge is 0.324 e. The van der Waals surface area contributed by atoms with Gasteiger partial charge in [0.15, 0.2) is 81.4 Å². The van der Waals surface area contributed by atoms with E-state index < -0.39 is 64.0 Å². The quantitative estimate of drug-likeness (QED) is 0.0362. The number of anilines is 5. The minimum absolute atomic E-state index is 0.0441. The normalized spacial score (nSPS) is 14.9. The molecule has 0 spiro atoms. The van der Waals surface area contributed by atoms with Gasteiger partial charge in [-0.25, -0.2) is 95.7 Å². The summed E-state index contributed by atoms with van der Waals surface area (Å²) in [5.41, 5.74) is 1.04. The predicted octanol–water partition coefficient (Wildman–Crippen LogP) is 14.7. The molecule has 722 valence electrons.